The molecule has 0 aromatic heterocycles. The van der Waals surface area contributed by atoms with Gasteiger partial charge in [0.1, 0.15) is 0 Å². The molecule has 1 aliphatic carbocycles. The lowest BCUT2D eigenvalue weighted by atomic mass is 9.85. The molecule has 142 valence electrons. The fourth-order valence-corrected chi connectivity index (χ4v) is 3.28. The second kappa shape index (κ2) is 7.71. The maximum atomic E-state index is 13.3. The van der Waals surface area contributed by atoms with Crippen molar-refractivity contribution in [2.75, 3.05) is 6.54 Å². The van der Waals surface area contributed by atoms with Crippen LogP contribution in [-0.2, 0) is 6.54 Å². The van der Waals surface area contributed by atoms with Crippen LogP contribution in [0, 0.1) is 6.92 Å². The van der Waals surface area contributed by atoms with Gasteiger partial charge in [0, 0.05) is 19.0 Å². The van der Waals surface area contributed by atoms with Crippen LogP contribution >= 0.6 is 0 Å². The zero-order chi connectivity index (χ0) is 19.6. The molecule has 0 radical (unpaired) electrons. The fraction of sp³-hybridized carbons (Fsp3) is 0.273. The molecule has 0 bridgehead atoms. The number of aryl methyl sites for hydroxylation is 1. The molecule has 2 atom stereocenters. The van der Waals surface area contributed by atoms with Gasteiger partial charge in [-0.15, -0.1) is 0 Å². The summed E-state index contributed by atoms with van der Waals surface area (Å²) < 4.78 is 39.9. The smallest absolute Gasteiger partial charge is 0.391 e. The van der Waals surface area contributed by atoms with Crippen LogP contribution in [0.4, 0.5) is 13.2 Å². The molecule has 0 amide bonds. The molecular weight excluding hydrogens is 351 g/mol. The van der Waals surface area contributed by atoms with Crippen LogP contribution in [0.3, 0.4) is 0 Å². The summed E-state index contributed by atoms with van der Waals surface area (Å²) >= 11 is 0. The van der Waals surface area contributed by atoms with E-state index in [2.05, 4.69) is 11.9 Å². The first-order valence-corrected chi connectivity index (χ1v) is 8.78. The summed E-state index contributed by atoms with van der Waals surface area (Å²) in [6.45, 7) is 6.55. The quantitative estimate of drug-likeness (QED) is 0.845. The molecule has 2 nitrogen and oxygen atoms in total. The summed E-state index contributed by atoms with van der Waals surface area (Å²) in [6.07, 6.45) is -3.23. The molecule has 2 aromatic carbocycles. The van der Waals surface area contributed by atoms with Crippen LogP contribution in [0.1, 0.15) is 22.6 Å². The van der Waals surface area contributed by atoms with Gasteiger partial charge < -0.3 is 10.4 Å². The van der Waals surface area contributed by atoms with Gasteiger partial charge in [-0.2, -0.15) is 13.2 Å². The number of fused-ring (bicyclic) bond motifs is 1. The van der Waals surface area contributed by atoms with E-state index in [4.69, 9.17) is 0 Å². The molecule has 1 aliphatic rings. The van der Waals surface area contributed by atoms with Crippen molar-refractivity contribution in [2.24, 2.45) is 0 Å². The third-order valence-corrected chi connectivity index (χ3v) is 4.79. The topological polar surface area (TPSA) is 32.3 Å². The van der Waals surface area contributed by atoms with Crippen molar-refractivity contribution in [3.63, 3.8) is 0 Å². The number of halogens is 3. The highest BCUT2D eigenvalue weighted by atomic mass is 19.4. The second-order valence-corrected chi connectivity index (χ2v) is 6.89. The molecule has 0 aliphatic heterocycles. The van der Waals surface area contributed by atoms with E-state index < -0.39 is 23.8 Å². The van der Waals surface area contributed by atoms with Crippen LogP contribution in [0.25, 0.3) is 12.7 Å². The molecule has 0 heterocycles. The van der Waals surface area contributed by atoms with E-state index in [9.17, 15) is 18.3 Å². The monoisotopic (exact) mass is 373 g/mol. The van der Waals surface area contributed by atoms with Crippen molar-refractivity contribution in [3.05, 3.63) is 81.2 Å². The van der Waals surface area contributed by atoms with Gasteiger partial charge in [0.25, 0.3) is 0 Å². The third-order valence-electron chi connectivity index (χ3n) is 4.79. The van der Waals surface area contributed by atoms with Crippen LogP contribution < -0.4 is 15.8 Å². The maximum absolute atomic E-state index is 13.3. The number of benzene rings is 2. The van der Waals surface area contributed by atoms with E-state index in [-0.39, 0.29) is 6.54 Å². The average molecular weight is 373 g/mol. The molecule has 5 heteroatoms. The number of aliphatic hydroxyl groups excluding tert-OH is 1. The minimum atomic E-state index is -4.47. The molecule has 0 spiro atoms. The molecule has 0 fully saturated rings. The Bertz CT molecular complexity index is 945. The summed E-state index contributed by atoms with van der Waals surface area (Å²) in [5.41, 5.74) is 2.13. The zero-order valence-electron chi connectivity index (χ0n) is 15.1. The predicted molar refractivity (Wildman–Crippen MR) is 101 cm³/mol. The van der Waals surface area contributed by atoms with Crippen LogP contribution in [0.2, 0.25) is 0 Å². The Hall–Kier alpha value is -2.37. The number of hydrogen-bond donors (Lipinski definition) is 2. The van der Waals surface area contributed by atoms with Crippen LogP contribution in [0.5, 0.6) is 0 Å². The number of hydrogen-bond acceptors (Lipinski definition) is 2. The van der Waals surface area contributed by atoms with Crippen molar-refractivity contribution in [2.45, 2.75) is 31.7 Å². The Balaban J connectivity index is 1.79. The third kappa shape index (κ3) is 4.49. The Labute approximate surface area is 156 Å². The molecular formula is C22H22F3NO. The van der Waals surface area contributed by atoms with Gasteiger partial charge in [0.05, 0.1) is 11.7 Å². The van der Waals surface area contributed by atoms with Crippen LogP contribution in [0.15, 0.2) is 54.1 Å². The lowest BCUT2D eigenvalue weighted by molar-refractivity contribution is -0.0871. The van der Waals surface area contributed by atoms with Gasteiger partial charge in [-0.1, -0.05) is 60.7 Å². The lowest BCUT2D eigenvalue weighted by Crippen LogP contribution is -2.39. The van der Waals surface area contributed by atoms with E-state index in [1.807, 2.05) is 31.2 Å². The second-order valence-electron chi connectivity index (χ2n) is 6.89. The van der Waals surface area contributed by atoms with E-state index in [0.717, 1.165) is 23.3 Å². The highest BCUT2D eigenvalue weighted by Crippen LogP contribution is 2.33. The van der Waals surface area contributed by atoms with Gasteiger partial charge in [-0.25, -0.2) is 0 Å². The minimum Gasteiger partial charge on any atom is -0.391 e. The summed E-state index contributed by atoms with van der Waals surface area (Å²) in [6, 6.07) is 13.1. The van der Waals surface area contributed by atoms with E-state index >= 15 is 0 Å². The van der Waals surface area contributed by atoms with Crippen molar-refractivity contribution < 1.29 is 18.3 Å². The Morgan fingerprint density at radius 3 is 2.52 bits per heavy atom. The Morgan fingerprint density at radius 1 is 1.15 bits per heavy atom. The van der Waals surface area contributed by atoms with Crippen molar-refractivity contribution in [1.29, 1.82) is 0 Å². The molecule has 27 heavy (non-hydrogen) atoms. The van der Waals surface area contributed by atoms with Gasteiger partial charge in [0.15, 0.2) is 0 Å². The molecule has 0 saturated heterocycles. The summed E-state index contributed by atoms with van der Waals surface area (Å²) in [5.74, 6) is -0.742. The summed E-state index contributed by atoms with van der Waals surface area (Å²) in [7, 11) is 0. The van der Waals surface area contributed by atoms with E-state index in [1.54, 1.807) is 18.2 Å². The van der Waals surface area contributed by atoms with Gasteiger partial charge in [-0.05, 0) is 34.6 Å². The Kier molecular flexibility index (Phi) is 5.53. The Morgan fingerprint density at radius 2 is 1.85 bits per heavy atom. The highest BCUT2D eigenvalue weighted by molar-refractivity contribution is 5.57. The van der Waals surface area contributed by atoms with Gasteiger partial charge in [-0.3, -0.25) is 0 Å². The fourth-order valence-electron chi connectivity index (χ4n) is 3.28. The molecule has 0 saturated carbocycles. The first kappa shape index (κ1) is 19.4. The first-order chi connectivity index (χ1) is 12.8. The van der Waals surface area contributed by atoms with Gasteiger partial charge >= 0.3 is 6.18 Å². The molecule has 2 aromatic rings. The van der Waals surface area contributed by atoms with Crippen molar-refractivity contribution in [1.82, 2.24) is 5.32 Å². The maximum Gasteiger partial charge on any atom is 0.416 e. The number of allylic oxidation sites excluding steroid dienone is 1. The average Bonchev–Trinajstić information content (AvgIpc) is 2.62. The van der Waals surface area contributed by atoms with Crippen molar-refractivity contribution >= 4 is 12.7 Å². The summed E-state index contributed by atoms with van der Waals surface area (Å²) in [5, 5.41) is 14.7. The lowest BCUT2D eigenvalue weighted by Gasteiger charge is -2.26. The predicted octanol–water partition coefficient (Wildman–Crippen LogP) is 2.92. The standard InChI is InChI=1S/C22H22F3NO/c1-14-6-8-16(9-7-14)12-26-13-21(27)20-11-17(22(23,24)25)10-19-15(2)4-3-5-18(19)20/h3-11,20-21,26-27H,2,12-13H2,1H3. The van der Waals surface area contributed by atoms with E-state index in [0.29, 0.717) is 22.5 Å². The zero-order valence-corrected chi connectivity index (χ0v) is 15.1. The largest absolute Gasteiger partial charge is 0.416 e. The number of alkyl halides is 3. The first-order valence-electron chi connectivity index (χ1n) is 8.78. The molecule has 2 N–H and O–H groups in total. The SMILES string of the molecule is C=c1cccc2c1=CC(C(F)(F)F)=CC2C(O)CNCc1ccc(C)cc1. The normalized spacial score (nSPS) is 17.7. The molecule has 3 rings (SSSR count). The van der Waals surface area contributed by atoms with Gasteiger partial charge in [0.2, 0.25) is 0 Å². The van der Waals surface area contributed by atoms with Crippen molar-refractivity contribution in [3.8, 4) is 0 Å². The minimum absolute atomic E-state index is 0.182. The number of aliphatic hydroxyl groups is 1. The number of rotatable bonds is 5. The van der Waals surface area contributed by atoms with Crippen LogP contribution in [-0.4, -0.2) is 23.9 Å². The number of nitrogens with one attached hydrogen (secondary N) is 1. The highest BCUT2D eigenvalue weighted by Gasteiger charge is 2.36. The molecule has 2 unspecified atom stereocenters. The summed E-state index contributed by atoms with van der Waals surface area (Å²) in [4.78, 5) is 0. The van der Waals surface area contributed by atoms with E-state index in [1.165, 1.54) is 0 Å².